The normalized spacial score (nSPS) is 15.9. The average molecular weight is 149 g/mol. The molecule has 0 aliphatic rings. The second-order valence-corrected chi connectivity index (χ2v) is 2.77. The first kappa shape index (κ1) is 8.28. The van der Waals surface area contributed by atoms with Gasteiger partial charge in [-0.25, -0.2) is 0 Å². The summed E-state index contributed by atoms with van der Waals surface area (Å²) in [5.41, 5.74) is 1.13. The summed E-state index contributed by atoms with van der Waals surface area (Å²) in [4.78, 5) is 0. The monoisotopic (exact) mass is 149 g/mol. The van der Waals surface area contributed by atoms with Crippen molar-refractivity contribution in [3.63, 3.8) is 0 Å². The predicted molar refractivity (Wildman–Crippen MR) is 46.2 cm³/mol. The third-order valence-electron chi connectivity index (χ3n) is 1.90. The van der Waals surface area contributed by atoms with Gasteiger partial charge in [0.1, 0.15) is 0 Å². The highest BCUT2D eigenvalue weighted by molar-refractivity contribution is 5.19. The van der Waals surface area contributed by atoms with Crippen molar-refractivity contribution in [2.75, 3.05) is 0 Å². The lowest BCUT2D eigenvalue weighted by atomic mass is 9.97. The number of benzene rings is 1. The summed E-state index contributed by atoms with van der Waals surface area (Å²) in [6.07, 6.45) is -0.516. The van der Waals surface area contributed by atoms with Gasteiger partial charge in [-0.3, -0.25) is 0 Å². The molecule has 59 valence electrons. The quantitative estimate of drug-likeness (QED) is 0.681. The third-order valence-corrected chi connectivity index (χ3v) is 1.90. The molecule has 0 fully saturated rings. The maximum Gasteiger partial charge on any atom is 0.0607 e. The topological polar surface area (TPSA) is 20.2 Å². The van der Waals surface area contributed by atoms with E-state index in [1.165, 1.54) is 0 Å². The van der Waals surface area contributed by atoms with E-state index in [9.17, 15) is 0 Å². The molecular formula is C10H13O. The number of aliphatic hydroxyl groups is 1. The molecule has 1 aromatic carbocycles. The Labute approximate surface area is 67.7 Å². The molecule has 1 aromatic rings. The maximum atomic E-state index is 9.16. The molecule has 2 atom stereocenters. The Balaban J connectivity index is 2.77. The minimum atomic E-state index is -0.516. The van der Waals surface area contributed by atoms with Gasteiger partial charge >= 0.3 is 0 Å². The fraction of sp³-hybridized carbons (Fsp3) is 0.300. The van der Waals surface area contributed by atoms with E-state index in [2.05, 4.69) is 6.92 Å². The van der Waals surface area contributed by atoms with Gasteiger partial charge in [-0.15, -0.1) is 0 Å². The van der Waals surface area contributed by atoms with Crippen LogP contribution < -0.4 is 0 Å². The second-order valence-electron chi connectivity index (χ2n) is 2.77. The first-order valence-corrected chi connectivity index (χ1v) is 3.78. The maximum absolute atomic E-state index is 9.16. The van der Waals surface area contributed by atoms with E-state index >= 15 is 0 Å². The SMILES string of the molecule is [CH2]C(O)C(C)c1ccccc1. The Kier molecular flexibility index (Phi) is 2.66. The first-order chi connectivity index (χ1) is 5.22. The van der Waals surface area contributed by atoms with Crippen LogP contribution in [-0.4, -0.2) is 11.2 Å². The smallest absolute Gasteiger partial charge is 0.0607 e. The highest BCUT2D eigenvalue weighted by atomic mass is 16.3. The molecule has 1 heteroatoms. The zero-order valence-electron chi connectivity index (χ0n) is 6.70. The molecule has 0 heterocycles. The summed E-state index contributed by atoms with van der Waals surface area (Å²) in [7, 11) is 0. The Morgan fingerprint density at radius 1 is 1.27 bits per heavy atom. The number of hydrogen-bond donors (Lipinski definition) is 1. The Morgan fingerprint density at radius 3 is 2.27 bits per heavy atom. The third kappa shape index (κ3) is 2.05. The van der Waals surface area contributed by atoms with Crippen LogP contribution in [0.1, 0.15) is 18.4 Å². The summed E-state index contributed by atoms with van der Waals surface area (Å²) in [6, 6.07) is 9.90. The molecule has 0 aliphatic heterocycles. The van der Waals surface area contributed by atoms with E-state index in [1.807, 2.05) is 37.3 Å². The molecular weight excluding hydrogens is 136 g/mol. The summed E-state index contributed by atoms with van der Waals surface area (Å²) < 4.78 is 0. The molecule has 0 bridgehead atoms. The molecule has 11 heavy (non-hydrogen) atoms. The molecule has 0 saturated carbocycles. The van der Waals surface area contributed by atoms with E-state index in [-0.39, 0.29) is 5.92 Å². The molecule has 0 aliphatic carbocycles. The summed E-state index contributed by atoms with van der Waals surface area (Å²) in [5.74, 6) is 0.121. The van der Waals surface area contributed by atoms with Crippen LogP contribution in [0.4, 0.5) is 0 Å². The van der Waals surface area contributed by atoms with Crippen molar-refractivity contribution in [3.8, 4) is 0 Å². The van der Waals surface area contributed by atoms with Crippen LogP contribution in [0.5, 0.6) is 0 Å². The molecule has 1 N–H and O–H groups in total. The lowest BCUT2D eigenvalue weighted by Gasteiger charge is -2.13. The lowest BCUT2D eigenvalue weighted by Crippen LogP contribution is -2.10. The van der Waals surface area contributed by atoms with Crippen LogP contribution >= 0.6 is 0 Å². The van der Waals surface area contributed by atoms with E-state index in [4.69, 9.17) is 5.11 Å². The van der Waals surface area contributed by atoms with E-state index in [0.717, 1.165) is 5.56 Å². The molecule has 1 radical (unpaired) electrons. The molecule has 1 nitrogen and oxygen atoms in total. The van der Waals surface area contributed by atoms with Gasteiger partial charge in [0.2, 0.25) is 0 Å². The van der Waals surface area contributed by atoms with E-state index < -0.39 is 6.10 Å². The minimum absolute atomic E-state index is 0.121. The fourth-order valence-corrected chi connectivity index (χ4v) is 0.979. The van der Waals surface area contributed by atoms with Gasteiger partial charge in [-0.1, -0.05) is 37.3 Å². The summed E-state index contributed by atoms with van der Waals surface area (Å²) in [5, 5.41) is 9.16. The summed E-state index contributed by atoms with van der Waals surface area (Å²) >= 11 is 0. The summed E-state index contributed by atoms with van der Waals surface area (Å²) in [6.45, 7) is 5.54. The van der Waals surface area contributed by atoms with Crippen LogP contribution in [0.15, 0.2) is 30.3 Å². The Morgan fingerprint density at radius 2 is 1.82 bits per heavy atom. The van der Waals surface area contributed by atoms with Crippen LogP contribution in [0.25, 0.3) is 0 Å². The molecule has 1 rings (SSSR count). The Hall–Kier alpha value is -0.820. The molecule has 0 saturated heterocycles. The molecule has 0 amide bonds. The van der Waals surface area contributed by atoms with Crippen LogP contribution in [0, 0.1) is 6.92 Å². The van der Waals surface area contributed by atoms with Crippen LogP contribution in [0.2, 0.25) is 0 Å². The fourth-order valence-electron chi connectivity index (χ4n) is 0.979. The lowest BCUT2D eigenvalue weighted by molar-refractivity contribution is 0.194. The van der Waals surface area contributed by atoms with Gasteiger partial charge in [0.25, 0.3) is 0 Å². The Bertz CT molecular complexity index is 203. The van der Waals surface area contributed by atoms with Crippen molar-refractivity contribution in [2.24, 2.45) is 0 Å². The zero-order chi connectivity index (χ0) is 8.27. The van der Waals surface area contributed by atoms with E-state index in [0.29, 0.717) is 0 Å². The minimum Gasteiger partial charge on any atom is -0.393 e. The second kappa shape index (κ2) is 3.54. The van der Waals surface area contributed by atoms with Gasteiger partial charge in [0, 0.05) is 5.92 Å². The highest BCUT2D eigenvalue weighted by Gasteiger charge is 2.09. The molecule has 0 spiro atoms. The largest absolute Gasteiger partial charge is 0.393 e. The molecule has 0 aromatic heterocycles. The molecule has 2 unspecified atom stereocenters. The predicted octanol–water partition coefficient (Wildman–Crippen LogP) is 1.99. The van der Waals surface area contributed by atoms with Gasteiger partial charge in [-0.05, 0) is 12.5 Å². The van der Waals surface area contributed by atoms with E-state index in [1.54, 1.807) is 0 Å². The number of aliphatic hydroxyl groups excluding tert-OH is 1. The van der Waals surface area contributed by atoms with Crippen molar-refractivity contribution < 1.29 is 5.11 Å². The first-order valence-electron chi connectivity index (χ1n) is 3.78. The highest BCUT2D eigenvalue weighted by Crippen LogP contribution is 2.17. The number of rotatable bonds is 2. The standard InChI is InChI=1S/C10H13O/c1-8(9(2)11)10-6-4-3-5-7-10/h3-9,11H,2H2,1H3. The van der Waals surface area contributed by atoms with Crippen LogP contribution in [0.3, 0.4) is 0 Å². The van der Waals surface area contributed by atoms with Gasteiger partial charge in [-0.2, -0.15) is 0 Å². The van der Waals surface area contributed by atoms with Crippen molar-refractivity contribution in [2.45, 2.75) is 18.9 Å². The van der Waals surface area contributed by atoms with Gasteiger partial charge in [0.15, 0.2) is 0 Å². The van der Waals surface area contributed by atoms with Gasteiger partial charge in [0.05, 0.1) is 6.10 Å². The van der Waals surface area contributed by atoms with Crippen molar-refractivity contribution in [1.29, 1.82) is 0 Å². The average Bonchev–Trinajstić information content (AvgIpc) is 2.05. The van der Waals surface area contributed by atoms with Crippen LogP contribution in [-0.2, 0) is 0 Å². The van der Waals surface area contributed by atoms with Crippen molar-refractivity contribution in [3.05, 3.63) is 42.8 Å². The zero-order valence-corrected chi connectivity index (χ0v) is 6.70. The number of hydrogen-bond acceptors (Lipinski definition) is 1. The van der Waals surface area contributed by atoms with Gasteiger partial charge < -0.3 is 5.11 Å². The van der Waals surface area contributed by atoms with Crippen molar-refractivity contribution >= 4 is 0 Å². The van der Waals surface area contributed by atoms with Crippen molar-refractivity contribution in [1.82, 2.24) is 0 Å².